The number of Topliss-reactive ketones (excluding diaryl/α,β-unsaturated/α-hetero) is 1. The highest BCUT2D eigenvalue weighted by atomic mass is 16.2. The number of amides is 1. The summed E-state index contributed by atoms with van der Waals surface area (Å²) in [5.41, 5.74) is 2.06. The molecule has 0 heterocycles. The topological polar surface area (TPSA) is 46.2 Å². The third-order valence-electron chi connectivity index (χ3n) is 4.95. The number of benzene rings is 2. The standard InChI is InChI=1S/C24H31NO2/c1-17(2)22(19-11-7-5-8-12-19)21(26)15-16-25-24(27)23(18(3)4)20-13-9-6-10-14-20/h5-14,17-18,22-23H,15-16H2,1-4H3,(H,25,27). The van der Waals surface area contributed by atoms with Crippen molar-refractivity contribution in [1.82, 2.24) is 5.32 Å². The molecule has 2 aromatic rings. The lowest BCUT2D eigenvalue weighted by Crippen LogP contribution is -2.34. The van der Waals surface area contributed by atoms with Crippen molar-refractivity contribution in [3.05, 3.63) is 71.8 Å². The molecule has 2 aromatic carbocycles. The molecule has 3 heteroatoms. The van der Waals surface area contributed by atoms with E-state index in [1.54, 1.807) is 0 Å². The van der Waals surface area contributed by atoms with Crippen LogP contribution in [0.2, 0.25) is 0 Å². The number of hydrogen-bond donors (Lipinski definition) is 1. The van der Waals surface area contributed by atoms with Gasteiger partial charge in [0.1, 0.15) is 5.78 Å². The second-order valence-electron chi connectivity index (χ2n) is 7.77. The summed E-state index contributed by atoms with van der Waals surface area (Å²) in [6.45, 7) is 8.61. The molecule has 144 valence electrons. The van der Waals surface area contributed by atoms with Gasteiger partial charge in [0.15, 0.2) is 0 Å². The lowest BCUT2D eigenvalue weighted by Gasteiger charge is -2.22. The van der Waals surface area contributed by atoms with Crippen LogP contribution in [0, 0.1) is 11.8 Å². The molecule has 0 saturated heterocycles. The van der Waals surface area contributed by atoms with E-state index in [0.29, 0.717) is 13.0 Å². The first-order chi connectivity index (χ1) is 12.9. The van der Waals surface area contributed by atoms with Crippen LogP contribution in [0.15, 0.2) is 60.7 Å². The van der Waals surface area contributed by atoms with Gasteiger partial charge in [0, 0.05) is 18.9 Å². The molecule has 0 aromatic heterocycles. The molecule has 0 aliphatic carbocycles. The third-order valence-corrected chi connectivity index (χ3v) is 4.95. The molecule has 0 saturated carbocycles. The Morgan fingerprint density at radius 2 is 1.19 bits per heavy atom. The van der Waals surface area contributed by atoms with Crippen molar-refractivity contribution in [1.29, 1.82) is 0 Å². The average molecular weight is 366 g/mol. The first-order valence-corrected chi connectivity index (χ1v) is 9.82. The summed E-state index contributed by atoms with van der Waals surface area (Å²) in [7, 11) is 0. The van der Waals surface area contributed by atoms with E-state index in [2.05, 4.69) is 19.2 Å². The zero-order valence-electron chi connectivity index (χ0n) is 16.8. The molecule has 2 rings (SSSR count). The Morgan fingerprint density at radius 1 is 0.741 bits per heavy atom. The number of nitrogens with one attached hydrogen (secondary N) is 1. The van der Waals surface area contributed by atoms with Gasteiger partial charge in [0.2, 0.25) is 5.91 Å². The minimum atomic E-state index is -0.198. The smallest absolute Gasteiger partial charge is 0.227 e. The van der Waals surface area contributed by atoms with E-state index in [-0.39, 0.29) is 35.4 Å². The van der Waals surface area contributed by atoms with Crippen LogP contribution >= 0.6 is 0 Å². The molecular weight excluding hydrogens is 334 g/mol. The van der Waals surface area contributed by atoms with E-state index in [1.165, 1.54) is 0 Å². The zero-order chi connectivity index (χ0) is 19.8. The molecule has 1 N–H and O–H groups in total. The third kappa shape index (κ3) is 5.78. The average Bonchev–Trinajstić information content (AvgIpc) is 2.63. The van der Waals surface area contributed by atoms with Gasteiger partial charge in [-0.15, -0.1) is 0 Å². The largest absolute Gasteiger partial charge is 0.355 e. The summed E-state index contributed by atoms with van der Waals surface area (Å²) in [5, 5.41) is 2.98. The van der Waals surface area contributed by atoms with E-state index in [9.17, 15) is 9.59 Å². The van der Waals surface area contributed by atoms with Gasteiger partial charge >= 0.3 is 0 Å². The molecule has 0 radical (unpaired) electrons. The molecule has 0 aliphatic rings. The lowest BCUT2D eigenvalue weighted by atomic mass is 9.84. The van der Waals surface area contributed by atoms with E-state index >= 15 is 0 Å². The molecule has 27 heavy (non-hydrogen) atoms. The van der Waals surface area contributed by atoms with Crippen LogP contribution in [0.1, 0.15) is 57.1 Å². The van der Waals surface area contributed by atoms with Crippen LogP contribution in [0.5, 0.6) is 0 Å². The summed E-state index contributed by atoms with van der Waals surface area (Å²) in [6.07, 6.45) is 0.350. The van der Waals surface area contributed by atoms with Crippen LogP contribution < -0.4 is 5.32 Å². The lowest BCUT2D eigenvalue weighted by molar-refractivity contribution is -0.124. The van der Waals surface area contributed by atoms with E-state index in [0.717, 1.165) is 11.1 Å². The van der Waals surface area contributed by atoms with Gasteiger partial charge in [0.25, 0.3) is 0 Å². The van der Waals surface area contributed by atoms with Crippen molar-refractivity contribution in [3.63, 3.8) is 0 Å². The number of ketones is 1. The Hall–Kier alpha value is -2.42. The van der Waals surface area contributed by atoms with Crippen LogP contribution in [0.3, 0.4) is 0 Å². The Bertz CT molecular complexity index is 659. The Labute approximate surface area is 163 Å². The second-order valence-corrected chi connectivity index (χ2v) is 7.77. The van der Waals surface area contributed by atoms with Crippen molar-refractivity contribution in [2.45, 2.75) is 46.0 Å². The maximum atomic E-state index is 12.8. The predicted molar refractivity (Wildman–Crippen MR) is 111 cm³/mol. The highest BCUT2D eigenvalue weighted by molar-refractivity contribution is 5.87. The number of carbonyl (C=O) groups excluding carboxylic acids is 2. The van der Waals surface area contributed by atoms with Gasteiger partial charge in [-0.05, 0) is 23.0 Å². The highest BCUT2D eigenvalue weighted by Gasteiger charge is 2.26. The minimum Gasteiger partial charge on any atom is -0.355 e. The fraction of sp³-hybridized carbons (Fsp3) is 0.417. The van der Waals surface area contributed by atoms with Gasteiger partial charge in [-0.2, -0.15) is 0 Å². The normalized spacial score (nSPS) is 13.4. The fourth-order valence-electron chi connectivity index (χ4n) is 3.68. The molecule has 2 atom stereocenters. The van der Waals surface area contributed by atoms with Crippen molar-refractivity contribution in [2.75, 3.05) is 6.54 Å². The molecule has 0 spiro atoms. The number of carbonyl (C=O) groups is 2. The van der Waals surface area contributed by atoms with E-state index in [1.807, 2.05) is 74.5 Å². The van der Waals surface area contributed by atoms with Crippen LogP contribution in [-0.2, 0) is 9.59 Å². The molecule has 0 aliphatic heterocycles. The summed E-state index contributed by atoms with van der Waals surface area (Å²) in [4.78, 5) is 25.5. The molecule has 2 unspecified atom stereocenters. The summed E-state index contributed by atoms with van der Waals surface area (Å²) in [6, 6.07) is 19.7. The van der Waals surface area contributed by atoms with Gasteiger partial charge in [-0.3, -0.25) is 9.59 Å². The number of hydrogen-bond acceptors (Lipinski definition) is 2. The quantitative estimate of drug-likeness (QED) is 0.684. The Kier molecular flexibility index (Phi) is 7.78. The van der Waals surface area contributed by atoms with Gasteiger partial charge in [-0.25, -0.2) is 0 Å². The predicted octanol–water partition coefficient (Wildman–Crippen LogP) is 4.94. The summed E-state index contributed by atoms with van der Waals surface area (Å²) >= 11 is 0. The van der Waals surface area contributed by atoms with Gasteiger partial charge in [0.05, 0.1) is 5.92 Å². The van der Waals surface area contributed by atoms with Crippen molar-refractivity contribution in [3.8, 4) is 0 Å². The monoisotopic (exact) mass is 365 g/mol. The Balaban J connectivity index is 1.97. The second kappa shape index (κ2) is 10.1. The van der Waals surface area contributed by atoms with Crippen molar-refractivity contribution < 1.29 is 9.59 Å². The van der Waals surface area contributed by atoms with E-state index in [4.69, 9.17) is 0 Å². The SMILES string of the molecule is CC(C)C(C(=O)CCNC(=O)C(c1ccccc1)C(C)C)c1ccccc1. The molecular formula is C24H31NO2. The van der Waals surface area contributed by atoms with Gasteiger partial charge < -0.3 is 5.32 Å². The van der Waals surface area contributed by atoms with Crippen molar-refractivity contribution in [2.24, 2.45) is 11.8 Å². The summed E-state index contributed by atoms with van der Waals surface area (Å²) in [5.74, 6) is 0.260. The molecule has 0 fully saturated rings. The maximum absolute atomic E-state index is 12.8. The van der Waals surface area contributed by atoms with E-state index < -0.39 is 0 Å². The highest BCUT2D eigenvalue weighted by Crippen LogP contribution is 2.27. The van der Waals surface area contributed by atoms with Crippen LogP contribution in [0.25, 0.3) is 0 Å². The fourth-order valence-corrected chi connectivity index (χ4v) is 3.68. The molecule has 3 nitrogen and oxygen atoms in total. The Morgan fingerprint density at radius 3 is 1.63 bits per heavy atom. The zero-order valence-corrected chi connectivity index (χ0v) is 16.8. The first kappa shape index (κ1) is 20.9. The summed E-state index contributed by atoms with van der Waals surface area (Å²) < 4.78 is 0. The maximum Gasteiger partial charge on any atom is 0.227 e. The molecule has 0 bridgehead atoms. The first-order valence-electron chi connectivity index (χ1n) is 9.82. The van der Waals surface area contributed by atoms with Crippen molar-refractivity contribution >= 4 is 11.7 Å². The minimum absolute atomic E-state index is 0.00944. The van der Waals surface area contributed by atoms with Crippen LogP contribution in [0.4, 0.5) is 0 Å². The number of rotatable bonds is 9. The molecule has 1 amide bonds. The van der Waals surface area contributed by atoms with Gasteiger partial charge in [-0.1, -0.05) is 88.4 Å². The van der Waals surface area contributed by atoms with Crippen LogP contribution in [-0.4, -0.2) is 18.2 Å².